The van der Waals surface area contributed by atoms with Gasteiger partial charge in [0, 0.05) is 11.3 Å². The maximum atomic E-state index is 12.9. The Kier molecular flexibility index (Phi) is 8.25. The van der Waals surface area contributed by atoms with Crippen LogP contribution in [0.1, 0.15) is 27.7 Å². The summed E-state index contributed by atoms with van der Waals surface area (Å²) in [4.78, 5) is 12.9. The van der Waals surface area contributed by atoms with Gasteiger partial charge in [0.15, 0.2) is 11.5 Å². The van der Waals surface area contributed by atoms with Crippen molar-refractivity contribution in [1.82, 2.24) is 4.72 Å². The molecule has 0 aliphatic carbocycles. The first-order chi connectivity index (χ1) is 14.2. The molecule has 1 amide bonds. The maximum absolute atomic E-state index is 12.9. The Hall–Kier alpha value is -2.58. The van der Waals surface area contributed by atoms with E-state index in [0.29, 0.717) is 23.8 Å². The van der Waals surface area contributed by atoms with Gasteiger partial charge in [-0.3, -0.25) is 4.79 Å². The van der Waals surface area contributed by atoms with Crippen molar-refractivity contribution in [2.24, 2.45) is 5.92 Å². The van der Waals surface area contributed by atoms with Crippen molar-refractivity contribution in [3.63, 3.8) is 0 Å². The molecule has 2 aromatic carbocycles. The van der Waals surface area contributed by atoms with E-state index in [1.807, 2.05) is 43.3 Å². The summed E-state index contributed by atoms with van der Waals surface area (Å²) in [6.45, 7) is 7.55. The minimum atomic E-state index is -3.52. The lowest BCUT2D eigenvalue weighted by atomic mass is 10.0. The highest BCUT2D eigenvalue weighted by atomic mass is 32.2. The SMILES string of the molecule is CCOc1ccc(-c2ccccc2NC(=O)[C@@H](NS(=O)(=O)CC)C(C)C)cc1OC. The first kappa shape index (κ1) is 23.7. The van der Waals surface area contributed by atoms with Gasteiger partial charge in [-0.25, -0.2) is 13.1 Å². The van der Waals surface area contributed by atoms with Crippen LogP contribution in [-0.4, -0.2) is 39.8 Å². The maximum Gasteiger partial charge on any atom is 0.242 e. The number of ether oxygens (including phenoxy) is 2. The zero-order chi connectivity index (χ0) is 22.3. The lowest BCUT2D eigenvalue weighted by Crippen LogP contribution is -2.47. The van der Waals surface area contributed by atoms with Crippen LogP contribution in [0.15, 0.2) is 42.5 Å². The van der Waals surface area contributed by atoms with Gasteiger partial charge in [0.25, 0.3) is 0 Å². The molecule has 0 aliphatic rings. The smallest absolute Gasteiger partial charge is 0.242 e. The number of sulfonamides is 1. The molecule has 0 aliphatic heterocycles. The third-order valence-electron chi connectivity index (χ3n) is 4.60. The van der Waals surface area contributed by atoms with Gasteiger partial charge < -0.3 is 14.8 Å². The van der Waals surface area contributed by atoms with Crippen molar-refractivity contribution in [3.8, 4) is 22.6 Å². The van der Waals surface area contributed by atoms with Crippen molar-refractivity contribution in [3.05, 3.63) is 42.5 Å². The molecule has 0 fully saturated rings. The summed E-state index contributed by atoms with van der Waals surface area (Å²) in [5, 5.41) is 2.88. The Labute approximate surface area is 178 Å². The van der Waals surface area contributed by atoms with Crippen molar-refractivity contribution in [2.75, 3.05) is 24.8 Å². The molecule has 0 saturated heterocycles. The second-order valence-corrected chi connectivity index (χ2v) is 9.12. The van der Waals surface area contributed by atoms with E-state index in [2.05, 4.69) is 10.0 Å². The van der Waals surface area contributed by atoms with Crippen LogP contribution < -0.4 is 19.5 Å². The monoisotopic (exact) mass is 434 g/mol. The van der Waals surface area contributed by atoms with E-state index >= 15 is 0 Å². The number of carbonyl (C=O) groups is 1. The average Bonchev–Trinajstić information content (AvgIpc) is 2.72. The summed E-state index contributed by atoms with van der Waals surface area (Å²) in [5.74, 6) is 0.508. The highest BCUT2D eigenvalue weighted by Crippen LogP contribution is 2.35. The summed E-state index contributed by atoms with van der Waals surface area (Å²) in [5.41, 5.74) is 2.20. The topological polar surface area (TPSA) is 93.7 Å². The zero-order valence-electron chi connectivity index (χ0n) is 18.1. The van der Waals surface area contributed by atoms with Crippen LogP contribution in [0.3, 0.4) is 0 Å². The highest BCUT2D eigenvalue weighted by molar-refractivity contribution is 7.89. The Morgan fingerprint density at radius 2 is 1.77 bits per heavy atom. The van der Waals surface area contributed by atoms with Gasteiger partial charge in [-0.2, -0.15) is 0 Å². The van der Waals surface area contributed by atoms with Gasteiger partial charge in [-0.15, -0.1) is 0 Å². The van der Waals surface area contributed by atoms with Gasteiger partial charge in [-0.1, -0.05) is 38.1 Å². The van der Waals surface area contributed by atoms with Gasteiger partial charge in [0.05, 0.1) is 19.5 Å². The quantitative estimate of drug-likeness (QED) is 0.595. The van der Waals surface area contributed by atoms with Crippen molar-refractivity contribution in [1.29, 1.82) is 0 Å². The number of hydrogen-bond acceptors (Lipinski definition) is 5. The van der Waals surface area contributed by atoms with Crippen LogP contribution >= 0.6 is 0 Å². The summed E-state index contributed by atoms with van der Waals surface area (Å²) >= 11 is 0. The molecule has 30 heavy (non-hydrogen) atoms. The number of carbonyl (C=O) groups excluding carboxylic acids is 1. The molecule has 0 spiro atoms. The number of amides is 1. The Morgan fingerprint density at radius 1 is 1.07 bits per heavy atom. The predicted octanol–water partition coefficient (Wildman–Crippen LogP) is 3.66. The summed E-state index contributed by atoms with van der Waals surface area (Å²) in [7, 11) is -1.95. The van der Waals surface area contributed by atoms with E-state index in [-0.39, 0.29) is 11.7 Å². The van der Waals surface area contributed by atoms with Gasteiger partial charge >= 0.3 is 0 Å². The first-order valence-electron chi connectivity index (χ1n) is 9.93. The van der Waals surface area contributed by atoms with Crippen LogP contribution in [0.5, 0.6) is 11.5 Å². The molecule has 0 bridgehead atoms. The number of para-hydroxylation sites is 1. The molecular formula is C22H30N2O5S. The van der Waals surface area contributed by atoms with Crippen LogP contribution in [0, 0.1) is 5.92 Å². The van der Waals surface area contributed by atoms with Crippen LogP contribution in [-0.2, 0) is 14.8 Å². The first-order valence-corrected chi connectivity index (χ1v) is 11.6. The van der Waals surface area contributed by atoms with E-state index in [1.54, 1.807) is 27.0 Å². The number of hydrogen-bond donors (Lipinski definition) is 2. The zero-order valence-corrected chi connectivity index (χ0v) is 18.9. The summed E-state index contributed by atoms with van der Waals surface area (Å²) < 4.78 is 37.5. The normalized spacial score (nSPS) is 12.5. The molecule has 0 radical (unpaired) electrons. The van der Waals surface area contributed by atoms with Crippen molar-refractivity contribution in [2.45, 2.75) is 33.7 Å². The molecule has 1 atom stereocenters. The van der Waals surface area contributed by atoms with E-state index in [9.17, 15) is 13.2 Å². The van der Waals surface area contributed by atoms with E-state index in [0.717, 1.165) is 11.1 Å². The highest BCUT2D eigenvalue weighted by Gasteiger charge is 2.27. The van der Waals surface area contributed by atoms with Gasteiger partial charge in [-0.05, 0) is 43.5 Å². The Bertz CT molecular complexity index is 973. The van der Waals surface area contributed by atoms with Crippen LogP contribution in [0.25, 0.3) is 11.1 Å². The van der Waals surface area contributed by atoms with Crippen LogP contribution in [0.4, 0.5) is 5.69 Å². The number of anilines is 1. The van der Waals surface area contributed by atoms with Crippen LogP contribution in [0.2, 0.25) is 0 Å². The molecule has 7 nitrogen and oxygen atoms in total. The fourth-order valence-electron chi connectivity index (χ4n) is 2.93. The second-order valence-electron chi connectivity index (χ2n) is 7.08. The van der Waals surface area contributed by atoms with E-state index in [1.165, 1.54) is 6.92 Å². The minimum absolute atomic E-state index is 0.0912. The molecule has 164 valence electrons. The van der Waals surface area contributed by atoms with E-state index in [4.69, 9.17) is 9.47 Å². The molecule has 0 heterocycles. The molecule has 2 aromatic rings. The standard InChI is InChI=1S/C22H30N2O5S/c1-6-29-19-13-12-16(14-20(19)28-5)17-10-8-9-11-18(17)23-22(25)21(15(3)4)24-30(26,27)7-2/h8-15,21,24H,6-7H2,1-5H3,(H,23,25)/t21-/m0/s1. The van der Waals surface area contributed by atoms with Gasteiger partial charge in [0.2, 0.25) is 15.9 Å². The Balaban J connectivity index is 2.36. The molecule has 2 N–H and O–H groups in total. The van der Waals surface area contributed by atoms with E-state index < -0.39 is 22.0 Å². The molecule has 0 saturated carbocycles. The fraction of sp³-hybridized carbons (Fsp3) is 0.409. The van der Waals surface area contributed by atoms with Gasteiger partial charge in [0.1, 0.15) is 6.04 Å². The fourth-order valence-corrected chi connectivity index (χ4v) is 3.87. The number of benzene rings is 2. The molecule has 8 heteroatoms. The third-order valence-corrected chi connectivity index (χ3v) is 5.97. The number of nitrogens with one attached hydrogen (secondary N) is 2. The third kappa shape index (κ3) is 5.96. The summed E-state index contributed by atoms with van der Waals surface area (Å²) in [6, 6.07) is 12.0. The van der Waals surface area contributed by atoms with Crippen molar-refractivity contribution >= 4 is 21.6 Å². The van der Waals surface area contributed by atoms with Crippen molar-refractivity contribution < 1.29 is 22.7 Å². The lowest BCUT2D eigenvalue weighted by molar-refractivity contribution is -0.118. The molecule has 2 rings (SSSR count). The average molecular weight is 435 g/mol. The molecule has 0 unspecified atom stereocenters. The largest absolute Gasteiger partial charge is 0.493 e. The number of rotatable bonds is 10. The predicted molar refractivity (Wildman–Crippen MR) is 119 cm³/mol. The molecule has 0 aromatic heterocycles. The minimum Gasteiger partial charge on any atom is -0.493 e. The lowest BCUT2D eigenvalue weighted by Gasteiger charge is -2.22. The number of methoxy groups -OCH3 is 1. The molecular weight excluding hydrogens is 404 g/mol. The summed E-state index contributed by atoms with van der Waals surface area (Å²) in [6.07, 6.45) is 0. The second kappa shape index (κ2) is 10.4. The Morgan fingerprint density at radius 3 is 2.37 bits per heavy atom.